The highest BCUT2D eigenvalue weighted by Gasteiger charge is 2.45. The number of carbonyl (C=O) groups excluding carboxylic acids is 1. The summed E-state index contributed by atoms with van der Waals surface area (Å²) in [6.45, 7) is 2.17. The van der Waals surface area contributed by atoms with Crippen LogP contribution in [-0.2, 0) is 16.0 Å². The molecule has 2 aromatic rings. The Kier molecular flexibility index (Phi) is 5.15. The predicted molar refractivity (Wildman–Crippen MR) is 98.7 cm³/mol. The van der Waals surface area contributed by atoms with Crippen LogP contribution in [0.1, 0.15) is 48.5 Å². The van der Waals surface area contributed by atoms with Crippen molar-refractivity contribution in [2.45, 2.75) is 44.6 Å². The average molecular weight is 406 g/mol. The maximum atomic E-state index is 12.6. The van der Waals surface area contributed by atoms with E-state index in [-0.39, 0.29) is 29.7 Å². The molecule has 4 rings (SSSR count). The van der Waals surface area contributed by atoms with Gasteiger partial charge in [-0.2, -0.15) is 0 Å². The molecule has 0 bridgehead atoms. The standard InChI is InChI=1S/C22H21F3O4/c1-2-27-21(26)18-12-17(18)13-6-8-14(9-7-13)28-19-11-10-16-15(19)4-3-5-20(16)29-22(23,24)25/h3-9,17-19H,2,10-12H2,1H3/t17?,18?,19-/m1/s1. The molecule has 29 heavy (non-hydrogen) atoms. The minimum Gasteiger partial charge on any atom is -0.486 e. The number of ether oxygens (including phenoxy) is 3. The maximum absolute atomic E-state index is 12.6. The monoisotopic (exact) mass is 406 g/mol. The van der Waals surface area contributed by atoms with Gasteiger partial charge in [0.25, 0.3) is 0 Å². The second-order valence-electron chi connectivity index (χ2n) is 7.29. The first-order valence-electron chi connectivity index (χ1n) is 9.66. The van der Waals surface area contributed by atoms with Gasteiger partial charge >= 0.3 is 12.3 Å². The molecule has 0 N–H and O–H groups in total. The van der Waals surface area contributed by atoms with Gasteiger partial charge in [0.15, 0.2) is 0 Å². The molecule has 7 heteroatoms. The number of rotatable bonds is 6. The molecule has 4 nitrogen and oxygen atoms in total. The van der Waals surface area contributed by atoms with Gasteiger partial charge in [-0.15, -0.1) is 13.2 Å². The van der Waals surface area contributed by atoms with Crippen molar-refractivity contribution in [3.05, 3.63) is 59.2 Å². The Hall–Kier alpha value is -2.70. The van der Waals surface area contributed by atoms with Gasteiger partial charge in [0, 0.05) is 5.56 Å². The third kappa shape index (κ3) is 4.33. The first kappa shape index (κ1) is 19.6. The molecule has 2 aliphatic rings. The lowest BCUT2D eigenvalue weighted by Crippen LogP contribution is -2.18. The summed E-state index contributed by atoms with van der Waals surface area (Å²) in [5, 5.41) is 0. The van der Waals surface area contributed by atoms with Gasteiger partial charge in [-0.3, -0.25) is 4.79 Å². The van der Waals surface area contributed by atoms with Crippen LogP contribution in [0, 0.1) is 5.92 Å². The Bertz CT molecular complexity index is 892. The van der Waals surface area contributed by atoms with Crippen LogP contribution >= 0.6 is 0 Å². The number of carbonyl (C=O) groups is 1. The average Bonchev–Trinajstić information content (AvgIpc) is 3.37. The van der Waals surface area contributed by atoms with Crippen molar-refractivity contribution in [1.29, 1.82) is 0 Å². The molecule has 2 aromatic carbocycles. The van der Waals surface area contributed by atoms with E-state index in [0.29, 0.717) is 30.8 Å². The van der Waals surface area contributed by atoms with E-state index >= 15 is 0 Å². The molecule has 0 spiro atoms. The predicted octanol–water partition coefficient (Wildman–Crippen LogP) is 5.32. The van der Waals surface area contributed by atoms with Crippen molar-refractivity contribution >= 4 is 5.97 Å². The van der Waals surface area contributed by atoms with E-state index in [0.717, 1.165) is 17.5 Å². The van der Waals surface area contributed by atoms with Gasteiger partial charge in [0.05, 0.1) is 12.5 Å². The number of hydrogen-bond donors (Lipinski definition) is 0. The molecule has 3 atom stereocenters. The number of halogens is 3. The zero-order valence-electron chi connectivity index (χ0n) is 15.9. The van der Waals surface area contributed by atoms with Gasteiger partial charge in [0.2, 0.25) is 0 Å². The SMILES string of the molecule is CCOC(=O)C1CC1c1ccc(O[C@@H]2CCc3c(OC(F)(F)F)cccc32)cc1. The Morgan fingerprint density at radius 2 is 1.90 bits per heavy atom. The molecule has 0 heterocycles. The first-order chi connectivity index (χ1) is 13.9. The number of benzene rings is 2. The van der Waals surface area contributed by atoms with Crippen molar-refractivity contribution in [3.8, 4) is 11.5 Å². The lowest BCUT2D eigenvalue weighted by molar-refractivity contribution is -0.274. The fourth-order valence-electron chi connectivity index (χ4n) is 3.96. The maximum Gasteiger partial charge on any atom is 0.573 e. The summed E-state index contributed by atoms with van der Waals surface area (Å²) in [5.74, 6) is 0.433. The van der Waals surface area contributed by atoms with Crippen LogP contribution in [0.5, 0.6) is 11.5 Å². The van der Waals surface area contributed by atoms with Crippen LogP contribution in [0.2, 0.25) is 0 Å². The van der Waals surface area contributed by atoms with E-state index in [2.05, 4.69) is 4.74 Å². The van der Waals surface area contributed by atoms with Gasteiger partial charge in [-0.1, -0.05) is 24.3 Å². The Morgan fingerprint density at radius 3 is 2.59 bits per heavy atom. The van der Waals surface area contributed by atoms with Gasteiger partial charge < -0.3 is 14.2 Å². The molecule has 0 aromatic heterocycles. The summed E-state index contributed by atoms with van der Waals surface area (Å²) in [6.07, 6.45) is -3.19. The fraction of sp³-hybridized carbons (Fsp3) is 0.409. The van der Waals surface area contributed by atoms with Gasteiger partial charge in [-0.25, -0.2) is 0 Å². The lowest BCUT2D eigenvalue weighted by Gasteiger charge is -2.16. The van der Waals surface area contributed by atoms with E-state index in [1.807, 2.05) is 24.3 Å². The number of esters is 1. The zero-order valence-corrected chi connectivity index (χ0v) is 15.9. The number of hydrogen-bond acceptors (Lipinski definition) is 4. The fourth-order valence-corrected chi connectivity index (χ4v) is 3.96. The molecule has 2 unspecified atom stereocenters. The van der Waals surface area contributed by atoms with E-state index < -0.39 is 6.36 Å². The summed E-state index contributed by atoms with van der Waals surface area (Å²) in [5.41, 5.74) is 2.32. The topological polar surface area (TPSA) is 44.8 Å². The minimum absolute atomic E-state index is 0.0736. The van der Waals surface area contributed by atoms with E-state index in [9.17, 15) is 18.0 Å². The molecule has 1 fully saturated rings. The molecule has 0 amide bonds. The Morgan fingerprint density at radius 1 is 1.14 bits per heavy atom. The van der Waals surface area contributed by atoms with Crippen molar-refractivity contribution in [1.82, 2.24) is 0 Å². The molecule has 154 valence electrons. The minimum atomic E-state index is -4.71. The normalized spacial score (nSPS) is 22.7. The molecule has 1 saturated carbocycles. The van der Waals surface area contributed by atoms with Crippen LogP contribution in [-0.4, -0.2) is 18.9 Å². The van der Waals surface area contributed by atoms with Crippen molar-refractivity contribution in [2.24, 2.45) is 5.92 Å². The summed E-state index contributed by atoms with van der Waals surface area (Å²) in [7, 11) is 0. The van der Waals surface area contributed by atoms with Crippen LogP contribution < -0.4 is 9.47 Å². The van der Waals surface area contributed by atoms with Crippen molar-refractivity contribution < 1.29 is 32.2 Å². The van der Waals surface area contributed by atoms with Crippen LogP contribution in [0.25, 0.3) is 0 Å². The Balaban J connectivity index is 1.42. The van der Waals surface area contributed by atoms with Crippen LogP contribution in [0.3, 0.4) is 0 Å². The first-order valence-corrected chi connectivity index (χ1v) is 9.66. The van der Waals surface area contributed by atoms with E-state index in [4.69, 9.17) is 9.47 Å². The smallest absolute Gasteiger partial charge is 0.486 e. The molecular weight excluding hydrogens is 385 g/mol. The summed E-state index contributed by atoms with van der Waals surface area (Å²) in [4.78, 5) is 11.8. The molecule has 0 radical (unpaired) electrons. The molecular formula is C22H21F3O4. The lowest BCUT2D eigenvalue weighted by atomic mass is 10.1. The second kappa shape index (κ2) is 7.61. The summed E-state index contributed by atoms with van der Waals surface area (Å²) < 4.78 is 53.0. The molecule has 0 saturated heterocycles. The van der Waals surface area contributed by atoms with Crippen molar-refractivity contribution in [2.75, 3.05) is 6.61 Å². The second-order valence-corrected chi connectivity index (χ2v) is 7.29. The third-order valence-corrected chi connectivity index (χ3v) is 5.36. The molecule has 2 aliphatic carbocycles. The highest BCUT2D eigenvalue weighted by Crippen LogP contribution is 2.48. The number of alkyl halides is 3. The van der Waals surface area contributed by atoms with Gasteiger partial charge in [0.1, 0.15) is 17.6 Å². The molecule has 0 aliphatic heterocycles. The number of fused-ring (bicyclic) bond motifs is 1. The van der Waals surface area contributed by atoms with Crippen LogP contribution in [0.4, 0.5) is 13.2 Å². The Labute approximate surface area is 166 Å². The van der Waals surface area contributed by atoms with Crippen molar-refractivity contribution in [3.63, 3.8) is 0 Å². The van der Waals surface area contributed by atoms with E-state index in [1.165, 1.54) is 6.07 Å². The summed E-state index contributed by atoms with van der Waals surface area (Å²) >= 11 is 0. The largest absolute Gasteiger partial charge is 0.573 e. The zero-order chi connectivity index (χ0) is 20.6. The quantitative estimate of drug-likeness (QED) is 0.610. The third-order valence-electron chi connectivity index (χ3n) is 5.36. The summed E-state index contributed by atoms with van der Waals surface area (Å²) in [6, 6.07) is 12.2. The van der Waals surface area contributed by atoms with Gasteiger partial charge in [-0.05, 0) is 61.4 Å². The highest BCUT2D eigenvalue weighted by molar-refractivity contribution is 5.77. The van der Waals surface area contributed by atoms with E-state index in [1.54, 1.807) is 19.1 Å². The highest BCUT2D eigenvalue weighted by atomic mass is 19.4. The van der Waals surface area contributed by atoms with Crippen LogP contribution in [0.15, 0.2) is 42.5 Å².